The summed E-state index contributed by atoms with van der Waals surface area (Å²) in [5, 5.41) is 3.13. The van der Waals surface area contributed by atoms with Crippen molar-refractivity contribution >= 4 is 11.6 Å². The minimum atomic E-state index is -0.437. The molecule has 1 aliphatic carbocycles. The lowest BCUT2D eigenvalue weighted by Crippen LogP contribution is -2.37. The Morgan fingerprint density at radius 2 is 1.82 bits per heavy atom. The van der Waals surface area contributed by atoms with E-state index in [0.29, 0.717) is 6.61 Å². The van der Waals surface area contributed by atoms with Crippen LogP contribution in [0.1, 0.15) is 36.8 Å². The summed E-state index contributed by atoms with van der Waals surface area (Å²) >= 11 is 0. The molecule has 2 aromatic carbocycles. The normalized spacial score (nSPS) is 15.1. The Morgan fingerprint density at radius 3 is 2.57 bits per heavy atom. The molecule has 0 aliphatic heterocycles. The van der Waals surface area contributed by atoms with Gasteiger partial charge in [0.05, 0.1) is 5.41 Å². The quantitative estimate of drug-likeness (QED) is 0.654. The molecule has 4 nitrogen and oxygen atoms in total. The summed E-state index contributed by atoms with van der Waals surface area (Å²) in [6.45, 7) is 0.444. The predicted molar refractivity (Wildman–Crippen MR) is 110 cm³/mol. The van der Waals surface area contributed by atoms with Crippen molar-refractivity contribution in [2.75, 3.05) is 5.32 Å². The molecule has 0 bridgehead atoms. The molecule has 1 saturated carbocycles. The number of hydrogen-bond donors (Lipinski definition) is 1. The second-order valence-electron chi connectivity index (χ2n) is 7.29. The van der Waals surface area contributed by atoms with E-state index in [1.807, 2.05) is 54.6 Å². The molecule has 1 heterocycles. The summed E-state index contributed by atoms with van der Waals surface area (Å²) in [4.78, 5) is 17.4. The number of nitrogens with one attached hydrogen (secondary N) is 1. The molecule has 1 aliphatic rings. The van der Waals surface area contributed by atoms with Crippen LogP contribution in [0, 0.1) is 0 Å². The van der Waals surface area contributed by atoms with Crippen LogP contribution in [0.25, 0.3) is 0 Å². The first kappa shape index (κ1) is 18.2. The molecule has 142 valence electrons. The molecular weight excluding hydrogens is 348 g/mol. The molecule has 3 aromatic rings. The highest BCUT2D eigenvalue weighted by molar-refractivity contribution is 5.99. The molecule has 4 rings (SSSR count). The van der Waals surface area contributed by atoms with E-state index in [1.165, 1.54) is 0 Å². The van der Waals surface area contributed by atoms with Gasteiger partial charge in [0.2, 0.25) is 5.91 Å². The van der Waals surface area contributed by atoms with Gasteiger partial charge in [-0.05, 0) is 36.6 Å². The number of pyridine rings is 1. The van der Waals surface area contributed by atoms with Crippen molar-refractivity contribution in [2.24, 2.45) is 0 Å². The Kier molecular flexibility index (Phi) is 5.38. The Balaban J connectivity index is 1.48. The topological polar surface area (TPSA) is 51.2 Å². The molecule has 1 fully saturated rings. The van der Waals surface area contributed by atoms with Crippen LogP contribution in [0.5, 0.6) is 5.75 Å². The van der Waals surface area contributed by atoms with Gasteiger partial charge < -0.3 is 10.1 Å². The average molecular weight is 372 g/mol. The number of carbonyl (C=O) groups is 1. The lowest BCUT2D eigenvalue weighted by atomic mass is 9.78. The molecule has 0 atom stereocenters. The third-order valence-electron chi connectivity index (χ3n) is 5.44. The largest absolute Gasteiger partial charge is 0.489 e. The minimum absolute atomic E-state index is 0.0700. The van der Waals surface area contributed by atoms with Gasteiger partial charge in [-0.3, -0.25) is 9.78 Å². The van der Waals surface area contributed by atoms with Gasteiger partial charge in [-0.25, -0.2) is 0 Å². The molecule has 0 unspecified atom stereocenters. The number of ether oxygens (including phenoxy) is 1. The zero-order valence-electron chi connectivity index (χ0n) is 15.8. The first-order valence-corrected chi connectivity index (χ1v) is 9.75. The van der Waals surface area contributed by atoms with Crippen LogP contribution in [-0.4, -0.2) is 10.9 Å². The fraction of sp³-hybridized carbons (Fsp3) is 0.250. The van der Waals surface area contributed by atoms with Crippen molar-refractivity contribution in [1.82, 2.24) is 4.98 Å². The SMILES string of the molecule is O=C(Nc1cccc(OCc2cccnc2)c1)C1(c2ccccc2)CCCC1. The number of anilines is 1. The van der Waals surface area contributed by atoms with Gasteiger partial charge in [-0.15, -0.1) is 0 Å². The van der Waals surface area contributed by atoms with Gasteiger partial charge in [-0.2, -0.15) is 0 Å². The molecule has 0 saturated heterocycles. The molecule has 0 spiro atoms. The van der Waals surface area contributed by atoms with Gasteiger partial charge in [0.15, 0.2) is 0 Å². The number of amides is 1. The molecule has 28 heavy (non-hydrogen) atoms. The van der Waals surface area contributed by atoms with Crippen LogP contribution in [0.4, 0.5) is 5.69 Å². The molecule has 1 amide bonds. The second kappa shape index (κ2) is 8.26. The lowest BCUT2D eigenvalue weighted by molar-refractivity contribution is -0.121. The third kappa shape index (κ3) is 3.91. The Hall–Kier alpha value is -3.14. The van der Waals surface area contributed by atoms with E-state index < -0.39 is 5.41 Å². The van der Waals surface area contributed by atoms with E-state index in [4.69, 9.17) is 4.74 Å². The van der Waals surface area contributed by atoms with E-state index >= 15 is 0 Å². The van der Waals surface area contributed by atoms with Gasteiger partial charge in [0, 0.05) is 29.7 Å². The lowest BCUT2D eigenvalue weighted by Gasteiger charge is -2.28. The summed E-state index contributed by atoms with van der Waals surface area (Å²) in [6, 6.07) is 21.6. The molecule has 4 heteroatoms. The second-order valence-corrected chi connectivity index (χ2v) is 7.29. The first-order valence-electron chi connectivity index (χ1n) is 9.75. The van der Waals surface area contributed by atoms with E-state index in [2.05, 4.69) is 22.4 Å². The molecule has 0 radical (unpaired) electrons. The monoisotopic (exact) mass is 372 g/mol. The summed E-state index contributed by atoms with van der Waals surface area (Å²) in [5.74, 6) is 0.794. The van der Waals surface area contributed by atoms with Crippen molar-refractivity contribution < 1.29 is 9.53 Å². The fourth-order valence-corrected chi connectivity index (χ4v) is 3.95. The number of nitrogens with zero attached hydrogens (tertiary/aromatic N) is 1. The maximum Gasteiger partial charge on any atom is 0.235 e. The maximum absolute atomic E-state index is 13.3. The van der Waals surface area contributed by atoms with Crippen molar-refractivity contribution in [3.63, 3.8) is 0 Å². The van der Waals surface area contributed by atoms with Gasteiger partial charge >= 0.3 is 0 Å². The van der Waals surface area contributed by atoms with Crippen LogP contribution < -0.4 is 10.1 Å². The maximum atomic E-state index is 13.3. The third-order valence-corrected chi connectivity index (χ3v) is 5.44. The van der Waals surface area contributed by atoms with Crippen LogP contribution in [0.15, 0.2) is 79.1 Å². The first-order chi connectivity index (χ1) is 13.8. The summed E-state index contributed by atoms with van der Waals surface area (Å²) < 4.78 is 5.86. The van der Waals surface area contributed by atoms with Crippen LogP contribution >= 0.6 is 0 Å². The summed E-state index contributed by atoms with van der Waals surface area (Å²) in [6.07, 6.45) is 7.47. The highest BCUT2D eigenvalue weighted by atomic mass is 16.5. The van der Waals surface area contributed by atoms with Crippen LogP contribution in [0.2, 0.25) is 0 Å². The van der Waals surface area contributed by atoms with Crippen molar-refractivity contribution in [3.8, 4) is 5.75 Å². The minimum Gasteiger partial charge on any atom is -0.489 e. The van der Waals surface area contributed by atoms with Gasteiger partial charge in [0.1, 0.15) is 12.4 Å². The molecular formula is C24H24N2O2. The van der Waals surface area contributed by atoms with E-state index in [1.54, 1.807) is 12.4 Å². The highest BCUT2D eigenvalue weighted by Crippen LogP contribution is 2.42. The molecule has 1 N–H and O–H groups in total. The van der Waals surface area contributed by atoms with Crippen molar-refractivity contribution in [1.29, 1.82) is 0 Å². The van der Waals surface area contributed by atoms with Crippen molar-refractivity contribution in [2.45, 2.75) is 37.7 Å². The summed E-state index contributed by atoms with van der Waals surface area (Å²) in [5.41, 5.74) is 2.43. The summed E-state index contributed by atoms with van der Waals surface area (Å²) in [7, 11) is 0. The van der Waals surface area contributed by atoms with Crippen LogP contribution in [-0.2, 0) is 16.8 Å². The standard InChI is InChI=1S/C24H24N2O2/c27-23(24(13-4-5-14-24)20-9-2-1-3-10-20)26-21-11-6-12-22(16-21)28-18-19-8-7-15-25-17-19/h1-3,6-12,15-17H,4-5,13-14,18H2,(H,26,27). The zero-order chi connectivity index (χ0) is 19.2. The smallest absolute Gasteiger partial charge is 0.235 e. The van der Waals surface area contributed by atoms with Gasteiger partial charge in [0.25, 0.3) is 0 Å². The van der Waals surface area contributed by atoms with Crippen molar-refractivity contribution in [3.05, 3.63) is 90.3 Å². The average Bonchev–Trinajstić information content (AvgIpc) is 3.25. The predicted octanol–water partition coefficient (Wildman–Crippen LogP) is 5.11. The van der Waals surface area contributed by atoms with Gasteiger partial charge in [-0.1, -0.05) is 55.3 Å². The van der Waals surface area contributed by atoms with E-state index in [-0.39, 0.29) is 5.91 Å². The number of aromatic nitrogens is 1. The zero-order valence-corrected chi connectivity index (χ0v) is 15.8. The Bertz CT molecular complexity index is 920. The Labute approximate surface area is 165 Å². The number of carbonyl (C=O) groups excluding carboxylic acids is 1. The molecule has 1 aromatic heterocycles. The number of hydrogen-bond acceptors (Lipinski definition) is 3. The Morgan fingerprint density at radius 1 is 1.00 bits per heavy atom. The number of benzene rings is 2. The number of rotatable bonds is 6. The highest BCUT2D eigenvalue weighted by Gasteiger charge is 2.42. The van der Waals surface area contributed by atoms with E-state index in [9.17, 15) is 4.79 Å². The van der Waals surface area contributed by atoms with Crippen LogP contribution in [0.3, 0.4) is 0 Å². The van der Waals surface area contributed by atoms with E-state index in [0.717, 1.165) is 48.2 Å². The fourth-order valence-electron chi connectivity index (χ4n) is 3.95.